The molecule has 1 atom stereocenters. The van der Waals surface area contributed by atoms with Crippen LogP contribution in [0.4, 0.5) is 10.4 Å². The number of benzene rings is 1. The molecule has 2 aromatic heterocycles. The second-order valence-corrected chi connectivity index (χ2v) is 8.68. The minimum atomic E-state index is -0.374. The van der Waals surface area contributed by atoms with E-state index in [0.717, 1.165) is 34.9 Å². The Hall–Kier alpha value is -3.16. The van der Waals surface area contributed by atoms with Crippen LogP contribution in [-0.4, -0.2) is 32.6 Å². The zero-order chi connectivity index (χ0) is 20.2. The molecular weight excluding hydrogens is 371 g/mol. The summed E-state index contributed by atoms with van der Waals surface area (Å²) in [6.45, 7) is 6.08. The Morgan fingerprint density at radius 2 is 2.03 bits per heavy atom. The first-order chi connectivity index (χ1) is 13.9. The summed E-state index contributed by atoms with van der Waals surface area (Å²) < 4.78 is 19.9. The maximum Gasteiger partial charge on any atom is 0.316 e. The highest BCUT2D eigenvalue weighted by atomic mass is 19.1. The number of halogens is 1. The van der Waals surface area contributed by atoms with E-state index in [-0.39, 0.29) is 17.4 Å². The van der Waals surface area contributed by atoms with E-state index in [0.29, 0.717) is 23.7 Å². The van der Waals surface area contributed by atoms with Gasteiger partial charge in [-0.15, -0.1) is 5.10 Å². The number of hydrogen-bond donors (Lipinski definition) is 3. The minimum absolute atomic E-state index is 0.173. The molecule has 0 spiro atoms. The lowest BCUT2D eigenvalue weighted by Crippen LogP contribution is -2.28. The van der Waals surface area contributed by atoms with Crippen molar-refractivity contribution in [3.63, 3.8) is 0 Å². The van der Waals surface area contributed by atoms with Crippen LogP contribution in [0.5, 0.6) is 0 Å². The maximum absolute atomic E-state index is 14.1. The van der Waals surface area contributed by atoms with Gasteiger partial charge in [0, 0.05) is 40.0 Å². The molecule has 0 amide bonds. The molecule has 7 nitrogen and oxygen atoms in total. The van der Waals surface area contributed by atoms with Crippen LogP contribution in [0.1, 0.15) is 39.2 Å². The van der Waals surface area contributed by atoms with Crippen LogP contribution in [0.3, 0.4) is 0 Å². The fourth-order valence-corrected chi connectivity index (χ4v) is 3.51. The molecule has 5 rings (SSSR count). The molecule has 1 aliphatic carbocycles. The molecule has 1 saturated carbocycles. The Bertz CT molecular complexity index is 1130. The number of H-pyrrole nitrogens is 1. The highest BCUT2D eigenvalue weighted by Crippen LogP contribution is 2.39. The monoisotopic (exact) mass is 394 g/mol. The van der Waals surface area contributed by atoms with Gasteiger partial charge in [0.25, 0.3) is 0 Å². The maximum atomic E-state index is 14.1. The van der Waals surface area contributed by atoms with Gasteiger partial charge in [-0.05, 0) is 57.7 Å². The smallest absolute Gasteiger partial charge is 0.316 e. The summed E-state index contributed by atoms with van der Waals surface area (Å²) in [7, 11) is 0. The van der Waals surface area contributed by atoms with Gasteiger partial charge < -0.3 is 20.0 Å². The number of nitrogens with zero attached hydrogens (tertiary/aromatic N) is 3. The predicted molar refractivity (Wildman–Crippen MR) is 110 cm³/mol. The van der Waals surface area contributed by atoms with Crippen molar-refractivity contribution < 1.29 is 8.81 Å². The van der Waals surface area contributed by atoms with Gasteiger partial charge in [0.2, 0.25) is 5.89 Å². The average Bonchev–Trinajstić information content (AvgIpc) is 3.27. The fourth-order valence-electron chi connectivity index (χ4n) is 3.51. The quantitative estimate of drug-likeness (QED) is 0.611. The number of rotatable bonds is 4. The SMILES string of the molecule is CC(C)(C)Nc1nnc(-c2ccc3[nH]cc(C4=NC(C5CC5)C(F)=CN4)c3c2)o1. The van der Waals surface area contributed by atoms with Crippen LogP contribution in [0.2, 0.25) is 0 Å². The van der Waals surface area contributed by atoms with Crippen molar-refractivity contribution in [1.82, 2.24) is 20.5 Å². The van der Waals surface area contributed by atoms with Crippen LogP contribution in [-0.2, 0) is 0 Å². The van der Waals surface area contributed by atoms with E-state index in [4.69, 9.17) is 4.42 Å². The second-order valence-electron chi connectivity index (χ2n) is 8.68. The van der Waals surface area contributed by atoms with Crippen LogP contribution >= 0.6 is 0 Å². The predicted octanol–water partition coefficient (Wildman–Crippen LogP) is 4.37. The van der Waals surface area contributed by atoms with Crippen molar-refractivity contribution in [3.05, 3.63) is 42.0 Å². The molecular formula is C21H23FN6O. The number of nitrogens with one attached hydrogen (secondary N) is 3. The van der Waals surface area contributed by atoms with Gasteiger partial charge in [-0.25, -0.2) is 4.39 Å². The third kappa shape index (κ3) is 3.50. The highest BCUT2D eigenvalue weighted by molar-refractivity contribution is 6.11. The van der Waals surface area contributed by atoms with Crippen LogP contribution in [0.15, 0.2) is 45.8 Å². The van der Waals surface area contributed by atoms with E-state index in [2.05, 4.69) is 30.8 Å². The molecule has 0 saturated heterocycles. The van der Waals surface area contributed by atoms with Crippen molar-refractivity contribution >= 4 is 22.8 Å². The summed E-state index contributed by atoms with van der Waals surface area (Å²) in [6, 6.07) is 5.89. The van der Waals surface area contributed by atoms with Gasteiger partial charge in [0.15, 0.2) is 0 Å². The van der Waals surface area contributed by atoms with E-state index in [9.17, 15) is 4.39 Å². The summed E-state index contributed by atoms with van der Waals surface area (Å²) >= 11 is 0. The first-order valence-electron chi connectivity index (χ1n) is 9.81. The summed E-state index contributed by atoms with van der Waals surface area (Å²) in [4.78, 5) is 7.90. The van der Waals surface area contributed by atoms with Crippen molar-refractivity contribution in [1.29, 1.82) is 0 Å². The highest BCUT2D eigenvalue weighted by Gasteiger charge is 2.36. The normalized spacial score (nSPS) is 19.7. The number of aliphatic imine (C=N–C) groups is 1. The van der Waals surface area contributed by atoms with E-state index < -0.39 is 0 Å². The summed E-state index contributed by atoms with van der Waals surface area (Å²) in [5.74, 6) is 1.23. The van der Waals surface area contributed by atoms with Crippen LogP contribution in [0.25, 0.3) is 22.4 Å². The van der Waals surface area contributed by atoms with Crippen molar-refractivity contribution in [3.8, 4) is 11.5 Å². The Kier molecular flexibility index (Phi) is 3.97. The van der Waals surface area contributed by atoms with E-state index in [1.54, 1.807) is 0 Å². The van der Waals surface area contributed by atoms with Gasteiger partial charge in [-0.1, -0.05) is 5.10 Å². The second kappa shape index (κ2) is 6.43. The third-order valence-electron chi connectivity index (χ3n) is 5.06. The number of aromatic amines is 1. The Morgan fingerprint density at radius 3 is 2.79 bits per heavy atom. The van der Waals surface area contributed by atoms with E-state index in [1.807, 2.05) is 45.2 Å². The van der Waals surface area contributed by atoms with Crippen molar-refractivity contribution in [2.75, 3.05) is 5.32 Å². The molecule has 3 N–H and O–H groups in total. The first-order valence-corrected chi connectivity index (χ1v) is 9.81. The number of fused-ring (bicyclic) bond motifs is 1. The molecule has 1 aromatic carbocycles. The average molecular weight is 394 g/mol. The van der Waals surface area contributed by atoms with Gasteiger partial charge in [-0.3, -0.25) is 4.99 Å². The van der Waals surface area contributed by atoms with Crippen molar-refractivity contribution in [2.45, 2.75) is 45.2 Å². The summed E-state index contributed by atoms with van der Waals surface area (Å²) in [5, 5.41) is 15.4. The number of amidine groups is 1. The molecule has 3 aromatic rings. The van der Waals surface area contributed by atoms with Gasteiger partial charge in [0.05, 0.1) is 0 Å². The number of anilines is 1. The zero-order valence-electron chi connectivity index (χ0n) is 16.6. The molecule has 150 valence electrons. The summed E-state index contributed by atoms with van der Waals surface area (Å²) in [6.07, 6.45) is 5.38. The largest absolute Gasteiger partial charge is 0.403 e. The van der Waals surface area contributed by atoms with E-state index >= 15 is 0 Å². The van der Waals surface area contributed by atoms with Crippen molar-refractivity contribution in [2.24, 2.45) is 10.9 Å². The zero-order valence-corrected chi connectivity index (χ0v) is 16.6. The lowest BCUT2D eigenvalue weighted by Gasteiger charge is -2.18. The van der Waals surface area contributed by atoms with Crippen LogP contribution in [0, 0.1) is 5.92 Å². The van der Waals surface area contributed by atoms with Gasteiger partial charge >= 0.3 is 6.01 Å². The standard InChI is InChI=1S/C21H23FN6O/c1-21(2,3)26-20-28-27-19(29-20)12-6-7-16-13(8-12)14(9-23-16)18-24-10-15(22)17(25-18)11-4-5-11/h6-11,17,23H,4-5H2,1-3H3,(H,24,25)(H,26,28). The lowest BCUT2D eigenvalue weighted by molar-refractivity contribution is 0.496. The topological polar surface area (TPSA) is 91.1 Å². The lowest BCUT2D eigenvalue weighted by atomic mass is 10.1. The van der Waals surface area contributed by atoms with Gasteiger partial charge in [-0.2, -0.15) is 0 Å². The molecule has 8 heteroatoms. The Morgan fingerprint density at radius 1 is 1.21 bits per heavy atom. The Balaban J connectivity index is 1.49. The molecule has 1 fully saturated rings. The molecule has 3 heterocycles. The summed E-state index contributed by atoms with van der Waals surface area (Å²) in [5.41, 5.74) is 2.49. The van der Waals surface area contributed by atoms with Gasteiger partial charge in [0.1, 0.15) is 17.7 Å². The molecule has 1 aliphatic heterocycles. The molecule has 29 heavy (non-hydrogen) atoms. The molecule has 0 bridgehead atoms. The first kappa shape index (κ1) is 17.9. The minimum Gasteiger partial charge on any atom is -0.403 e. The number of aromatic nitrogens is 3. The fraction of sp³-hybridized carbons (Fsp3) is 0.381. The Labute approximate surface area is 167 Å². The number of hydrogen-bond acceptors (Lipinski definition) is 6. The molecule has 1 unspecified atom stereocenters. The van der Waals surface area contributed by atoms with Crippen LogP contribution < -0.4 is 10.6 Å². The van der Waals surface area contributed by atoms with E-state index in [1.165, 1.54) is 6.20 Å². The third-order valence-corrected chi connectivity index (χ3v) is 5.06. The molecule has 2 aliphatic rings. The molecule has 0 radical (unpaired) electrons.